The molecule has 0 fully saturated rings. The lowest BCUT2D eigenvalue weighted by molar-refractivity contribution is -0.141. The summed E-state index contributed by atoms with van der Waals surface area (Å²) in [6, 6.07) is 4.71. The first-order chi connectivity index (χ1) is 8.52. The van der Waals surface area contributed by atoms with Crippen molar-refractivity contribution < 1.29 is 19.1 Å². The molecule has 4 nitrogen and oxygen atoms in total. The molecule has 1 aromatic carbocycles. The van der Waals surface area contributed by atoms with Crippen LogP contribution in [0.25, 0.3) is 6.08 Å². The summed E-state index contributed by atoms with van der Waals surface area (Å²) in [5.41, 5.74) is 0.662. The van der Waals surface area contributed by atoms with E-state index in [-0.39, 0.29) is 5.82 Å². The highest BCUT2D eigenvalue weighted by atomic mass is 19.1. The lowest BCUT2D eigenvalue weighted by Crippen LogP contribution is -2.39. The molecule has 0 aliphatic carbocycles. The predicted molar refractivity (Wildman–Crippen MR) is 65.3 cm³/mol. The number of amides is 1. The fraction of sp³-hybridized carbons (Fsp3) is 0.231. The van der Waals surface area contributed by atoms with E-state index >= 15 is 0 Å². The summed E-state index contributed by atoms with van der Waals surface area (Å²) in [5, 5.41) is 11.1. The molecule has 0 bridgehead atoms. The van der Waals surface area contributed by atoms with Gasteiger partial charge in [-0.2, -0.15) is 0 Å². The quantitative estimate of drug-likeness (QED) is 0.784. The van der Waals surface area contributed by atoms with Crippen LogP contribution in [0, 0.1) is 5.82 Å². The summed E-state index contributed by atoms with van der Waals surface area (Å²) in [4.78, 5) is 22.1. The smallest absolute Gasteiger partial charge is 0.326 e. The fourth-order valence-electron chi connectivity index (χ4n) is 1.30. The van der Waals surface area contributed by atoms with Crippen LogP contribution in [-0.2, 0) is 9.59 Å². The zero-order chi connectivity index (χ0) is 13.5. The Bertz CT molecular complexity index is 454. The van der Waals surface area contributed by atoms with Crippen LogP contribution in [0.5, 0.6) is 0 Å². The van der Waals surface area contributed by atoms with Gasteiger partial charge in [-0.15, -0.1) is 0 Å². The van der Waals surface area contributed by atoms with Crippen molar-refractivity contribution in [1.82, 2.24) is 5.32 Å². The van der Waals surface area contributed by atoms with Crippen LogP contribution in [0.4, 0.5) is 4.39 Å². The van der Waals surface area contributed by atoms with E-state index in [1.165, 1.54) is 36.4 Å². The Hall–Kier alpha value is -2.17. The molecule has 1 rings (SSSR count). The second-order valence-corrected chi connectivity index (χ2v) is 3.69. The first-order valence-electron chi connectivity index (χ1n) is 5.50. The van der Waals surface area contributed by atoms with Gasteiger partial charge in [-0.3, -0.25) is 4.79 Å². The van der Waals surface area contributed by atoms with Gasteiger partial charge in [-0.05, 0) is 30.2 Å². The van der Waals surface area contributed by atoms with Gasteiger partial charge in [0.15, 0.2) is 0 Å². The lowest BCUT2D eigenvalue weighted by atomic mass is 10.2. The molecule has 0 saturated heterocycles. The molecular weight excluding hydrogens is 237 g/mol. The van der Waals surface area contributed by atoms with Crippen LogP contribution < -0.4 is 5.32 Å². The Morgan fingerprint density at radius 3 is 2.50 bits per heavy atom. The summed E-state index contributed by atoms with van der Waals surface area (Å²) in [6.45, 7) is 1.67. The standard InChI is InChI=1S/C13H14FNO3/c1-2-11(13(17)18)15-12(16)8-5-9-3-6-10(14)7-4-9/h3-8,11H,2H2,1H3,(H,15,16)(H,17,18)/t11-/m1/s1. The van der Waals surface area contributed by atoms with E-state index in [4.69, 9.17) is 5.11 Å². The van der Waals surface area contributed by atoms with Crippen molar-refractivity contribution >= 4 is 18.0 Å². The second kappa shape index (κ2) is 6.54. The van der Waals surface area contributed by atoms with Crippen molar-refractivity contribution in [2.75, 3.05) is 0 Å². The Kier molecular flexibility index (Phi) is 5.05. The maximum atomic E-state index is 12.6. The van der Waals surface area contributed by atoms with Crippen molar-refractivity contribution in [3.63, 3.8) is 0 Å². The second-order valence-electron chi connectivity index (χ2n) is 3.69. The number of carbonyl (C=O) groups excluding carboxylic acids is 1. The summed E-state index contributed by atoms with van der Waals surface area (Å²) < 4.78 is 12.6. The molecular formula is C13H14FNO3. The molecule has 5 heteroatoms. The SMILES string of the molecule is CC[C@@H](NC(=O)C=Cc1ccc(F)cc1)C(=O)O. The topological polar surface area (TPSA) is 66.4 Å². The highest BCUT2D eigenvalue weighted by Crippen LogP contribution is 2.04. The number of carboxylic acid groups (broad SMARTS) is 1. The average molecular weight is 251 g/mol. The predicted octanol–water partition coefficient (Wildman–Crippen LogP) is 1.82. The zero-order valence-electron chi connectivity index (χ0n) is 9.89. The maximum absolute atomic E-state index is 12.6. The summed E-state index contributed by atoms with van der Waals surface area (Å²) in [7, 11) is 0. The number of carbonyl (C=O) groups is 2. The van der Waals surface area contributed by atoms with Gasteiger partial charge < -0.3 is 10.4 Å². The third kappa shape index (κ3) is 4.37. The van der Waals surface area contributed by atoms with Crippen molar-refractivity contribution in [3.05, 3.63) is 41.7 Å². The van der Waals surface area contributed by atoms with Crippen LogP contribution in [0.1, 0.15) is 18.9 Å². The number of nitrogens with one attached hydrogen (secondary N) is 1. The van der Waals surface area contributed by atoms with Gasteiger partial charge in [-0.25, -0.2) is 9.18 Å². The minimum absolute atomic E-state index is 0.311. The molecule has 0 aliphatic heterocycles. The fourth-order valence-corrected chi connectivity index (χ4v) is 1.30. The molecule has 0 aromatic heterocycles. The van der Waals surface area contributed by atoms with Gasteiger partial charge in [0.2, 0.25) is 5.91 Å². The van der Waals surface area contributed by atoms with Crippen molar-refractivity contribution in [3.8, 4) is 0 Å². The van der Waals surface area contributed by atoms with E-state index in [0.717, 1.165) is 0 Å². The minimum atomic E-state index is -1.07. The number of hydrogen-bond acceptors (Lipinski definition) is 2. The number of rotatable bonds is 5. The third-order valence-electron chi connectivity index (χ3n) is 2.32. The first kappa shape index (κ1) is 13.9. The molecule has 1 amide bonds. The zero-order valence-corrected chi connectivity index (χ0v) is 9.89. The Morgan fingerprint density at radius 2 is 2.00 bits per heavy atom. The summed E-state index contributed by atoms with van der Waals surface area (Å²) in [5.74, 6) is -1.91. The van der Waals surface area contributed by atoms with Crippen molar-refractivity contribution in [2.24, 2.45) is 0 Å². The molecule has 0 radical (unpaired) electrons. The molecule has 0 aliphatic rings. The molecule has 1 aromatic rings. The third-order valence-corrected chi connectivity index (χ3v) is 2.32. The summed E-state index contributed by atoms with van der Waals surface area (Å²) >= 11 is 0. The number of aliphatic carboxylic acids is 1. The van der Waals surface area contributed by atoms with E-state index in [9.17, 15) is 14.0 Å². The van der Waals surface area contributed by atoms with Gasteiger partial charge in [-0.1, -0.05) is 19.1 Å². The number of carboxylic acids is 1. The van der Waals surface area contributed by atoms with Gasteiger partial charge >= 0.3 is 5.97 Å². The largest absolute Gasteiger partial charge is 0.480 e. The monoisotopic (exact) mass is 251 g/mol. The first-order valence-corrected chi connectivity index (χ1v) is 5.50. The van der Waals surface area contributed by atoms with Crippen molar-refractivity contribution in [2.45, 2.75) is 19.4 Å². The normalized spacial score (nSPS) is 12.3. The Morgan fingerprint density at radius 1 is 1.39 bits per heavy atom. The molecule has 0 unspecified atom stereocenters. The molecule has 18 heavy (non-hydrogen) atoms. The van der Waals surface area contributed by atoms with Gasteiger partial charge in [0, 0.05) is 6.08 Å². The number of benzene rings is 1. The molecule has 2 N–H and O–H groups in total. The lowest BCUT2D eigenvalue weighted by Gasteiger charge is -2.09. The molecule has 96 valence electrons. The number of halogens is 1. The minimum Gasteiger partial charge on any atom is -0.480 e. The Balaban J connectivity index is 2.59. The van der Waals surface area contributed by atoms with Crippen LogP contribution in [0.2, 0.25) is 0 Å². The van der Waals surface area contributed by atoms with Gasteiger partial charge in [0.05, 0.1) is 0 Å². The maximum Gasteiger partial charge on any atom is 0.326 e. The van der Waals surface area contributed by atoms with Crippen LogP contribution in [-0.4, -0.2) is 23.0 Å². The van der Waals surface area contributed by atoms with E-state index in [1.54, 1.807) is 6.92 Å². The van der Waals surface area contributed by atoms with E-state index in [1.807, 2.05) is 0 Å². The average Bonchev–Trinajstić information content (AvgIpc) is 2.35. The number of hydrogen-bond donors (Lipinski definition) is 2. The molecule has 0 spiro atoms. The van der Waals surface area contributed by atoms with E-state index in [2.05, 4.69) is 5.32 Å². The van der Waals surface area contributed by atoms with Crippen LogP contribution in [0.3, 0.4) is 0 Å². The molecule has 0 saturated carbocycles. The van der Waals surface area contributed by atoms with E-state index < -0.39 is 17.9 Å². The highest BCUT2D eigenvalue weighted by Gasteiger charge is 2.15. The Labute approximate surface area is 104 Å². The van der Waals surface area contributed by atoms with E-state index in [0.29, 0.717) is 12.0 Å². The van der Waals surface area contributed by atoms with Crippen LogP contribution in [0.15, 0.2) is 30.3 Å². The summed E-state index contributed by atoms with van der Waals surface area (Å²) in [6.07, 6.45) is 3.02. The molecule has 0 heterocycles. The van der Waals surface area contributed by atoms with Crippen molar-refractivity contribution in [1.29, 1.82) is 0 Å². The highest BCUT2D eigenvalue weighted by molar-refractivity contribution is 5.94. The van der Waals surface area contributed by atoms with Gasteiger partial charge in [0.1, 0.15) is 11.9 Å². The van der Waals surface area contributed by atoms with Crippen LogP contribution >= 0.6 is 0 Å². The van der Waals surface area contributed by atoms with Gasteiger partial charge in [0.25, 0.3) is 0 Å². The molecule has 1 atom stereocenters.